The van der Waals surface area contributed by atoms with E-state index < -0.39 is 5.60 Å². The van der Waals surface area contributed by atoms with E-state index in [0.29, 0.717) is 22.2 Å². The van der Waals surface area contributed by atoms with Crippen LogP contribution in [0.1, 0.15) is 41.4 Å². The van der Waals surface area contributed by atoms with Crippen LogP contribution in [0, 0.1) is 5.92 Å². The number of rotatable bonds is 7. The first kappa shape index (κ1) is 23.3. The van der Waals surface area contributed by atoms with Crippen LogP contribution >= 0.6 is 22.9 Å². The summed E-state index contributed by atoms with van der Waals surface area (Å²) in [5, 5.41) is 7.14. The maximum atomic E-state index is 12.3. The third-order valence-electron chi connectivity index (χ3n) is 5.84. The van der Waals surface area contributed by atoms with Crippen molar-refractivity contribution in [1.82, 2.24) is 10.2 Å². The first-order chi connectivity index (χ1) is 15.8. The molecule has 0 bridgehead atoms. The number of hydrogen-bond donors (Lipinski definition) is 2. The van der Waals surface area contributed by atoms with E-state index in [1.165, 1.54) is 11.3 Å². The summed E-state index contributed by atoms with van der Waals surface area (Å²) in [5.74, 6) is -0.422. The molecule has 2 aromatic rings. The molecule has 2 aliphatic rings. The molecule has 3 N–H and O–H groups in total. The van der Waals surface area contributed by atoms with Crippen LogP contribution in [0.2, 0.25) is 4.34 Å². The van der Waals surface area contributed by atoms with Crippen molar-refractivity contribution in [2.75, 3.05) is 19.6 Å². The molecule has 1 aromatic heterocycles. The normalized spacial score (nSPS) is 21.2. The average Bonchev–Trinajstić information content (AvgIpc) is 3.43. The summed E-state index contributed by atoms with van der Waals surface area (Å²) in [6.07, 6.45) is 3.93. The maximum Gasteiger partial charge on any atom is 0.261 e. The molecule has 0 radical (unpaired) electrons. The Balaban J connectivity index is 1.28. The minimum atomic E-state index is -0.611. The average molecular weight is 488 g/mol. The van der Waals surface area contributed by atoms with Gasteiger partial charge in [0, 0.05) is 25.4 Å². The standard InChI is InChI=1S/C23H26ClN5O3S/c1-23(13-26-22(31)19-6-7-20(24)33-19)12-18(28-32-23)15-2-4-17(5-3-15)27-14-29-10-8-16(9-11-29)21(25)30/h2-7,14,16H,8-13H2,1H3,(H2,25,30)(H,26,31)/b27-14+. The van der Waals surface area contributed by atoms with Gasteiger partial charge in [-0.15, -0.1) is 11.3 Å². The maximum absolute atomic E-state index is 12.3. The lowest BCUT2D eigenvalue weighted by atomic mass is 9.95. The van der Waals surface area contributed by atoms with E-state index in [0.717, 1.165) is 42.9 Å². The van der Waals surface area contributed by atoms with Crippen molar-refractivity contribution in [3.05, 3.63) is 51.2 Å². The molecule has 1 atom stereocenters. The molecule has 3 heterocycles. The van der Waals surface area contributed by atoms with Gasteiger partial charge in [-0.1, -0.05) is 28.9 Å². The molecule has 1 unspecified atom stereocenters. The van der Waals surface area contributed by atoms with Crippen molar-refractivity contribution in [3.8, 4) is 0 Å². The van der Waals surface area contributed by atoms with Gasteiger partial charge in [0.2, 0.25) is 5.91 Å². The fourth-order valence-electron chi connectivity index (χ4n) is 3.81. The van der Waals surface area contributed by atoms with Crippen molar-refractivity contribution < 1.29 is 14.4 Å². The number of amides is 2. The van der Waals surface area contributed by atoms with Gasteiger partial charge in [0.05, 0.1) is 33.5 Å². The molecule has 4 rings (SSSR count). The van der Waals surface area contributed by atoms with E-state index in [1.807, 2.05) is 37.5 Å². The van der Waals surface area contributed by atoms with Gasteiger partial charge < -0.3 is 20.8 Å². The van der Waals surface area contributed by atoms with Crippen LogP contribution < -0.4 is 11.1 Å². The van der Waals surface area contributed by atoms with Crippen molar-refractivity contribution in [2.45, 2.75) is 31.8 Å². The predicted octanol–water partition coefficient (Wildman–Crippen LogP) is 3.57. The summed E-state index contributed by atoms with van der Waals surface area (Å²) in [5.41, 5.74) is 7.39. The van der Waals surface area contributed by atoms with Crippen LogP contribution in [0.5, 0.6) is 0 Å². The van der Waals surface area contributed by atoms with Crippen LogP contribution in [0.3, 0.4) is 0 Å². The molecule has 33 heavy (non-hydrogen) atoms. The summed E-state index contributed by atoms with van der Waals surface area (Å²) in [4.78, 5) is 36.4. The summed E-state index contributed by atoms with van der Waals surface area (Å²) in [7, 11) is 0. The van der Waals surface area contributed by atoms with E-state index in [1.54, 1.807) is 12.1 Å². The number of nitrogens with two attached hydrogens (primary N) is 1. The molecule has 10 heteroatoms. The SMILES string of the molecule is CC1(CNC(=O)c2ccc(Cl)s2)CC(c2ccc(/N=C/N3CCC(C(N)=O)CC3)cc2)=NO1. The number of nitrogens with one attached hydrogen (secondary N) is 1. The van der Waals surface area contributed by atoms with E-state index in [4.69, 9.17) is 22.2 Å². The summed E-state index contributed by atoms with van der Waals surface area (Å²) < 4.78 is 0.578. The molecule has 1 fully saturated rings. The zero-order valence-electron chi connectivity index (χ0n) is 18.3. The lowest BCUT2D eigenvalue weighted by Gasteiger charge is -2.28. The number of oxime groups is 1. The lowest BCUT2D eigenvalue weighted by Crippen LogP contribution is -2.40. The highest BCUT2D eigenvalue weighted by Crippen LogP contribution is 2.27. The summed E-state index contributed by atoms with van der Waals surface area (Å²) in [6, 6.07) is 11.2. The minimum Gasteiger partial charge on any atom is -0.387 e. The highest BCUT2D eigenvalue weighted by atomic mass is 35.5. The number of carbonyl (C=O) groups excluding carboxylic acids is 2. The molecule has 1 aromatic carbocycles. The Labute approximate surface area is 201 Å². The fraction of sp³-hybridized carbons (Fsp3) is 0.391. The van der Waals surface area contributed by atoms with E-state index in [9.17, 15) is 9.59 Å². The second kappa shape index (κ2) is 9.93. The second-order valence-corrected chi connectivity index (χ2v) is 10.3. The Morgan fingerprint density at radius 3 is 2.67 bits per heavy atom. The number of thiophene rings is 1. The lowest BCUT2D eigenvalue weighted by molar-refractivity contribution is -0.122. The number of benzene rings is 1. The number of hydrogen-bond acceptors (Lipinski definition) is 6. The second-order valence-electron chi connectivity index (χ2n) is 8.55. The Morgan fingerprint density at radius 1 is 1.30 bits per heavy atom. The van der Waals surface area contributed by atoms with Crippen molar-refractivity contribution >= 4 is 52.5 Å². The van der Waals surface area contributed by atoms with Crippen LogP contribution in [0.15, 0.2) is 46.5 Å². The molecule has 0 spiro atoms. The van der Waals surface area contributed by atoms with Crippen LogP contribution in [-0.2, 0) is 9.63 Å². The highest BCUT2D eigenvalue weighted by Gasteiger charge is 2.35. The number of primary amides is 1. The highest BCUT2D eigenvalue weighted by molar-refractivity contribution is 7.18. The minimum absolute atomic E-state index is 0.0310. The molecule has 2 aliphatic heterocycles. The van der Waals surface area contributed by atoms with Crippen LogP contribution in [0.4, 0.5) is 5.69 Å². The Morgan fingerprint density at radius 2 is 2.03 bits per heavy atom. The molecule has 8 nitrogen and oxygen atoms in total. The summed E-state index contributed by atoms with van der Waals surface area (Å²) >= 11 is 7.14. The zero-order valence-corrected chi connectivity index (χ0v) is 19.9. The molecular weight excluding hydrogens is 462 g/mol. The Bertz CT molecular complexity index is 1080. The first-order valence-electron chi connectivity index (χ1n) is 10.8. The van der Waals surface area contributed by atoms with E-state index >= 15 is 0 Å². The van der Waals surface area contributed by atoms with Crippen molar-refractivity contribution in [3.63, 3.8) is 0 Å². The largest absolute Gasteiger partial charge is 0.387 e. The van der Waals surface area contributed by atoms with Crippen molar-refractivity contribution in [2.24, 2.45) is 21.8 Å². The Hall–Kier alpha value is -2.91. The third-order valence-corrected chi connectivity index (χ3v) is 7.07. The van der Waals surface area contributed by atoms with Crippen molar-refractivity contribution in [1.29, 1.82) is 0 Å². The van der Waals surface area contributed by atoms with Gasteiger partial charge >= 0.3 is 0 Å². The third kappa shape index (κ3) is 5.91. The van der Waals surface area contributed by atoms with Gasteiger partial charge in [0.25, 0.3) is 5.91 Å². The van der Waals surface area contributed by atoms with Gasteiger partial charge in [-0.3, -0.25) is 9.59 Å². The van der Waals surface area contributed by atoms with Gasteiger partial charge in [0.15, 0.2) is 5.60 Å². The van der Waals surface area contributed by atoms with Gasteiger partial charge in [0.1, 0.15) is 0 Å². The van der Waals surface area contributed by atoms with Gasteiger partial charge in [-0.25, -0.2) is 4.99 Å². The molecular formula is C23H26ClN5O3S. The number of aliphatic imine (C=N–C) groups is 1. The smallest absolute Gasteiger partial charge is 0.261 e. The fourth-order valence-corrected chi connectivity index (χ4v) is 4.77. The molecule has 174 valence electrons. The zero-order chi connectivity index (χ0) is 23.4. The van der Waals surface area contributed by atoms with Gasteiger partial charge in [-0.05, 0) is 49.6 Å². The number of carbonyl (C=O) groups is 2. The van der Waals surface area contributed by atoms with E-state index in [2.05, 4.69) is 20.4 Å². The van der Waals surface area contributed by atoms with Crippen LogP contribution in [0.25, 0.3) is 0 Å². The monoisotopic (exact) mass is 487 g/mol. The Kier molecular flexibility index (Phi) is 6.99. The topological polar surface area (TPSA) is 109 Å². The molecule has 0 saturated carbocycles. The summed E-state index contributed by atoms with van der Waals surface area (Å²) in [6.45, 7) is 3.81. The predicted molar refractivity (Wildman–Crippen MR) is 130 cm³/mol. The molecule has 0 aliphatic carbocycles. The first-order valence-corrected chi connectivity index (χ1v) is 12.0. The number of piperidine rings is 1. The molecule has 1 saturated heterocycles. The molecule has 2 amide bonds. The number of nitrogens with zero attached hydrogens (tertiary/aromatic N) is 3. The van der Waals surface area contributed by atoms with E-state index in [-0.39, 0.29) is 17.7 Å². The van der Waals surface area contributed by atoms with Crippen LogP contribution in [-0.4, -0.2) is 54.0 Å². The number of halogens is 1. The quantitative estimate of drug-likeness (QED) is 0.459. The number of likely N-dealkylation sites (tertiary alicyclic amines) is 1. The van der Waals surface area contributed by atoms with Gasteiger partial charge in [-0.2, -0.15) is 0 Å².